The molecule has 0 aromatic heterocycles. The van der Waals surface area contributed by atoms with Gasteiger partial charge < -0.3 is 9.84 Å². The molecular weight excluding hydrogens is 250 g/mol. The van der Waals surface area contributed by atoms with Gasteiger partial charge in [-0.15, -0.1) is 5.92 Å². The molecule has 1 aromatic rings. The number of hydrogen-bond acceptors (Lipinski definition) is 4. The van der Waals surface area contributed by atoms with E-state index in [1.54, 1.807) is 6.92 Å². The third-order valence-corrected chi connectivity index (χ3v) is 2.07. The van der Waals surface area contributed by atoms with Gasteiger partial charge in [-0.2, -0.15) is 0 Å². The highest BCUT2D eigenvalue weighted by molar-refractivity contribution is 5.85. The number of carboxylic acids is 1. The highest BCUT2D eigenvalue weighted by Gasteiger charge is 2.15. The number of benzene rings is 1. The highest BCUT2D eigenvalue weighted by atomic mass is 16.6. The fourth-order valence-electron chi connectivity index (χ4n) is 1.26. The number of hydrogen-bond donors (Lipinski definition) is 1. The number of carbonyl (C=O) groups is 1. The van der Waals surface area contributed by atoms with Gasteiger partial charge in [0.2, 0.25) is 0 Å². The Bertz CT molecular complexity index is 580. The Balaban J connectivity index is 3.02. The van der Waals surface area contributed by atoms with Gasteiger partial charge in [0.25, 0.3) is 0 Å². The van der Waals surface area contributed by atoms with E-state index in [1.807, 2.05) is 0 Å². The second-order valence-electron chi connectivity index (χ2n) is 3.37. The van der Waals surface area contributed by atoms with E-state index < -0.39 is 10.9 Å². The molecule has 0 fully saturated rings. The quantitative estimate of drug-likeness (QED) is 0.379. The first-order valence-corrected chi connectivity index (χ1v) is 5.26. The predicted octanol–water partition coefficient (Wildman–Crippen LogP) is 2.09. The summed E-state index contributed by atoms with van der Waals surface area (Å²) in [6.07, 6.45) is 2.17. The van der Waals surface area contributed by atoms with E-state index in [1.165, 1.54) is 24.3 Å². The Hall–Kier alpha value is -2.81. The summed E-state index contributed by atoms with van der Waals surface area (Å²) < 4.78 is 5.16. The van der Waals surface area contributed by atoms with E-state index in [0.717, 1.165) is 6.08 Å². The maximum atomic E-state index is 10.9. The number of rotatable bonds is 5. The van der Waals surface area contributed by atoms with Crippen molar-refractivity contribution in [3.05, 3.63) is 40.0 Å². The number of aliphatic carboxylic acids is 1. The van der Waals surface area contributed by atoms with Crippen LogP contribution < -0.4 is 4.74 Å². The van der Waals surface area contributed by atoms with Gasteiger partial charge in [-0.05, 0) is 24.6 Å². The van der Waals surface area contributed by atoms with Crippen molar-refractivity contribution in [3.8, 4) is 17.6 Å². The van der Waals surface area contributed by atoms with Crippen LogP contribution in [-0.2, 0) is 4.79 Å². The van der Waals surface area contributed by atoms with Gasteiger partial charge in [0, 0.05) is 12.1 Å². The summed E-state index contributed by atoms with van der Waals surface area (Å²) in [5, 5.41) is 19.4. The maximum absolute atomic E-state index is 10.9. The number of carboxylic acid groups (broad SMARTS) is 1. The molecule has 0 heterocycles. The topological polar surface area (TPSA) is 89.7 Å². The number of ether oxygens (including phenoxy) is 1. The van der Waals surface area contributed by atoms with Crippen molar-refractivity contribution in [2.24, 2.45) is 0 Å². The molecule has 0 unspecified atom stereocenters. The summed E-state index contributed by atoms with van der Waals surface area (Å²) >= 11 is 0. The lowest BCUT2D eigenvalue weighted by Crippen LogP contribution is -1.99. The lowest BCUT2D eigenvalue weighted by Gasteiger charge is -2.04. The Morgan fingerprint density at radius 2 is 2.32 bits per heavy atom. The number of nitrogens with zero attached hydrogens (tertiary/aromatic N) is 1. The van der Waals surface area contributed by atoms with Crippen molar-refractivity contribution >= 4 is 17.7 Å². The molecule has 0 atom stereocenters. The molecule has 0 aliphatic carbocycles. The maximum Gasteiger partial charge on any atom is 0.328 e. The average molecular weight is 261 g/mol. The molecule has 1 N–H and O–H groups in total. The van der Waals surface area contributed by atoms with Crippen molar-refractivity contribution in [1.82, 2.24) is 0 Å². The van der Waals surface area contributed by atoms with Crippen molar-refractivity contribution in [2.45, 2.75) is 6.92 Å². The summed E-state index contributed by atoms with van der Waals surface area (Å²) in [6, 6.07) is 4.19. The first-order valence-electron chi connectivity index (χ1n) is 5.26. The van der Waals surface area contributed by atoms with E-state index in [9.17, 15) is 14.9 Å². The fraction of sp³-hybridized carbons (Fsp3) is 0.154. The van der Waals surface area contributed by atoms with Crippen LogP contribution in [0.25, 0.3) is 6.08 Å². The van der Waals surface area contributed by atoms with Gasteiger partial charge in [-0.3, -0.25) is 10.1 Å². The van der Waals surface area contributed by atoms with Crippen LogP contribution in [0.5, 0.6) is 5.75 Å². The Morgan fingerprint density at radius 1 is 1.58 bits per heavy atom. The summed E-state index contributed by atoms with van der Waals surface area (Å²) in [5.41, 5.74) is 0.175. The van der Waals surface area contributed by atoms with E-state index >= 15 is 0 Å². The molecule has 98 valence electrons. The van der Waals surface area contributed by atoms with Crippen molar-refractivity contribution in [3.63, 3.8) is 0 Å². The van der Waals surface area contributed by atoms with Gasteiger partial charge >= 0.3 is 11.7 Å². The molecule has 0 aliphatic rings. The van der Waals surface area contributed by atoms with Crippen LogP contribution in [0, 0.1) is 22.0 Å². The van der Waals surface area contributed by atoms with Crippen LogP contribution in [0.2, 0.25) is 0 Å². The summed E-state index contributed by atoms with van der Waals surface area (Å²) in [4.78, 5) is 20.7. The zero-order valence-corrected chi connectivity index (χ0v) is 10.1. The molecule has 19 heavy (non-hydrogen) atoms. The molecule has 0 saturated heterocycles. The number of nitro groups is 1. The Labute approximate surface area is 109 Å². The largest absolute Gasteiger partial charge is 0.478 e. The first-order chi connectivity index (χ1) is 9.04. The van der Waals surface area contributed by atoms with Gasteiger partial charge in [-0.25, -0.2) is 4.79 Å². The molecule has 6 nitrogen and oxygen atoms in total. The molecule has 0 aliphatic heterocycles. The van der Waals surface area contributed by atoms with Crippen LogP contribution in [0.4, 0.5) is 5.69 Å². The Morgan fingerprint density at radius 3 is 2.89 bits per heavy atom. The highest BCUT2D eigenvalue weighted by Crippen LogP contribution is 2.28. The van der Waals surface area contributed by atoms with Crippen LogP contribution in [0.1, 0.15) is 12.5 Å². The molecule has 0 spiro atoms. The van der Waals surface area contributed by atoms with Gasteiger partial charge in [0.05, 0.1) is 4.92 Å². The van der Waals surface area contributed by atoms with Crippen LogP contribution in [0.15, 0.2) is 24.3 Å². The standard InChI is InChI=1S/C13H11NO5/c1-2-3-8-19-12-6-4-10(5-7-13(15)16)9-11(12)14(17)18/h4-7,9H,8H2,1H3,(H,15,16)/b7-5+. The molecular formula is C13H11NO5. The normalized spacial score (nSPS) is 9.74. The molecule has 1 aromatic carbocycles. The molecule has 0 radical (unpaired) electrons. The Kier molecular flexibility index (Phi) is 5.11. The minimum atomic E-state index is -1.12. The fourth-order valence-corrected chi connectivity index (χ4v) is 1.26. The molecule has 0 saturated carbocycles. The van der Waals surface area contributed by atoms with Crippen molar-refractivity contribution < 1.29 is 19.6 Å². The van der Waals surface area contributed by atoms with E-state index in [4.69, 9.17) is 9.84 Å². The van der Waals surface area contributed by atoms with E-state index in [2.05, 4.69) is 11.8 Å². The molecule has 0 amide bonds. The van der Waals surface area contributed by atoms with Gasteiger partial charge in [0.1, 0.15) is 6.61 Å². The first kappa shape index (κ1) is 14.3. The van der Waals surface area contributed by atoms with Gasteiger partial charge in [0.15, 0.2) is 5.75 Å². The smallest absolute Gasteiger partial charge is 0.328 e. The minimum Gasteiger partial charge on any atom is -0.478 e. The lowest BCUT2D eigenvalue weighted by molar-refractivity contribution is -0.385. The minimum absolute atomic E-state index is 0.0572. The van der Waals surface area contributed by atoms with Gasteiger partial charge in [-0.1, -0.05) is 12.0 Å². The molecule has 1 rings (SSSR count). The van der Waals surface area contributed by atoms with Crippen molar-refractivity contribution in [2.75, 3.05) is 6.61 Å². The second kappa shape index (κ2) is 6.81. The SMILES string of the molecule is CC#CCOc1ccc(/C=C/C(=O)O)cc1[N+](=O)[O-]. The zero-order chi connectivity index (χ0) is 14.3. The summed E-state index contributed by atoms with van der Waals surface area (Å²) in [5.74, 6) is 4.21. The zero-order valence-electron chi connectivity index (χ0n) is 10.1. The van der Waals surface area contributed by atoms with E-state index in [0.29, 0.717) is 5.56 Å². The van der Waals surface area contributed by atoms with Crippen LogP contribution >= 0.6 is 0 Å². The van der Waals surface area contributed by atoms with Crippen molar-refractivity contribution in [1.29, 1.82) is 0 Å². The second-order valence-corrected chi connectivity index (χ2v) is 3.37. The summed E-state index contributed by atoms with van der Waals surface area (Å²) in [6.45, 7) is 1.69. The summed E-state index contributed by atoms with van der Waals surface area (Å²) in [7, 11) is 0. The van der Waals surface area contributed by atoms with E-state index in [-0.39, 0.29) is 18.0 Å². The predicted molar refractivity (Wildman–Crippen MR) is 68.7 cm³/mol. The molecule has 6 heteroatoms. The average Bonchev–Trinajstić information content (AvgIpc) is 2.37. The third kappa shape index (κ3) is 4.52. The number of nitro benzene ring substituents is 1. The lowest BCUT2D eigenvalue weighted by atomic mass is 10.1. The third-order valence-electron chi connectivity index (χ3n) is 2.07. The van der Waals surface area contributed by atoms with Crippen LogP contribution in [0.3, 0.4) is 0 Å². The van der Waals surface area contributed by atoms with Crippen LogP contribution in [-0.4, -0.2) is 22.6 Å². The molecule has 0 bridgehead atoms. The monoisotopic (exact) mass is 261 g/mol.